The molecule has 1 unspecified atom stereocenters. The lowest BCUT2D eigenvalue weighted by molar-refractivity contribution is -0.142. The molecule has 0 saturated heterocycles. The molecule has 0 rings (SSSR count). The van der Waals surface area contributed by atoms with Crippen molar-refractivity contribution in [2.75, 3.05) is 0 Å². The Kier molecular flexibility index (Phi) is 5.03. The van der Waals surface area contributed by atoms with E-state index in [1.165, 1.54) is 6.08 Å². The first-order chi connectivity index (χ1) is 5.06. The van der Waals surface area contributed by atoms with Gasteiger partial charge in [0.15, 0.2) is 0 Å². The van der Waals surface area contributed by atoms with Crippen molar-refractivity contribution in [1.82, 2.24) is 0 Å². The minimum atomic E-state index is -0.313. The zero-order valence-electron chi connectivity index (χ0n) is 7.13. The van der Waals surface area contributed by atoms with Crippen molar-refractivity contribution in [3.8, 4) is 0 Å². The zero-order chi connectivity index (χ0) is 8.85. The molecule has 0 aromatic heterocycles. The summed E-state index contributed by atoms with van der Waals surface area (Å²) in [6.07, 6.45) is 2.20. The predicted octanol–water partition coefficient (Wildman–Crippen LogP) is 2.16. The number of esters is 1. The van der Waals surface area contributed by atoms with Gasteiger partial charge in [0, 0.05) is 6.08 Å². The lowest BCUT2D eigenvalue weighted by atomic mass is 10.3. The van der Waals surface area contributed by atoms with E-state index >= 15 is 0 Å². The van der Waals surface area contributed by atoms with Gasteiger partial charge in [-0.15, -0.1) is 12.6 Å². The van der Waals surface area contributed by atoms with Crippen molar-refractivity contribution in [3.05, 3.63) is 11.0 Å². The monoisotopic (exact) mass is 174 g/mol. The lowest BCUT2D eigenvalue weighted by Crippen LogP contribution is -2.11. The molecule has 0 spiro atoms. The number of carbonyl (C=O) groups is 1. The number of rotatable bonds is 3. The van der Waals surface area contributed by atoms with Gasteiger partial charge in [0.2, 0.25) is 0 Å². The summed E-state index contributed by atoms with van der Waals surface area (Å²) in [6, 6.07) is 0. The second kappa shape index (κ2) is 5.24. The molecule has 0 N–H and O–H groups in total. The Labute approximate surface area is 73.0 Å². The van der Waals surface area contributed by atoms with Gasteiger partial charge in [-0.05, 0) is 25.2 Å². The second-order valence-corrected chi connectivity index (χ2v) is 3.15. The molecule has 3 heteroatoms. The Hall–Kier alpha value is -0.440. The van der Waals surface area contributed by atoms with Gasteiger partial charge in [0.25, 0.3) is 0 Å². The molecule has 0 aliphatic carbocycles. The molecular formula is C8H14O2S. The molecule has 11 heavy (non-hydrogen) atoms. The number of ether oxygens (including phenoxy) is 1. The minimum absolute atomic E-state index is 0.00793. The molecule has 0 radical (unpaired) electrons. The van der Waals surface area contributed by atoms with E-state index in [1.54, 1.807) is 6.92 Å². The van der Waals surface area contributed by atoms with Crippen molar-refractivity contribution in [2.45, 2.75) is 33.3 Å². The van der Waals surface area contributed by atoms with Crippen LogP contribution in [0.1, 0.15) is 27.2 Å². The molecule has 1 atom stereocenters. The maximum atomic E-state index is 10.9. The van der Waals surface area contributed by atoms with Gasteiger partial charge in [-0.25, -0.2) is 4.79 Å². The van der Waals surface area contributed by atoms with Gasteiger partial charge in [-0.3, -0.25) is 0 Å². The first-order valence-electron chi connectivity index (χ1n) is 3.64. The van der Waals surface area contributed by atoms with Crippen LogP contribution in [0.3, 0.4) is 0 Å². The van der Waals surface area contributed by atoms with Crippen molar-refractivity contribution in [1.29, 1.82) is 0 Å². The number of thiol groups is 1. The average Bonchev–Trinajstić information content (AvgIpc) is 1.85. The molecule has 0 heterocycles. The Bertz CT molecular complexity index is 159. The second-order valence-electron chi connectivity index (χ2n) is 2.44. The Balaban J connectivity index is 3.79. The van der Waals surface area contributed by atoms with Crippen LogP contribution in [0, 0.1) is 0 Å². The van der Waals surface area contributed by atoms with Crippen LogP contribution in [0.15, 0.2) is 11.0 Å². The molecule has 2 nitrogen and oxygen atoms in total. The Morgan fingerprint density at radius 3 is 2.64 bits per heavy atom. The van der Waals surface area contributed by atoms with Crippen LogP contribution in [0.2, 0.25) is 0 Å². The largest absolute Gasteiger partial charge is 0.460 e. The van der Waals surface area contributed by atoms with E-state index in [0.717, 1.165) is 6.42 Å². The maximum absolute atomic E-state index is 10.9. The fraction of sp³-hybridized carbons (Fsp3) is 0.625. The normalized spacial score (nSPS) is 14.4. The fourth-order valence-electron chi connectivity index (χ4n) is 0.486. The van der Waals surface area contributed by atoms with E-state index in [9.17, 15) is 4.79 Å². The van der Waals surface area contributed by atoms with Crippen LogP contribution in [-0.2, 0) is 9.53 Å². The van der Waals surface area contributed by atoms with E-state index in [1.807, 2.05) is 13.8 Å². The van der Waals surface area contributed by atoms with Crippen molar-refractivity contribution < 1.29 is 9.53 Å². The number of hydrogen-bond donors (Lipinski definition) is 1. The van der Waals surface area contributed by atoms with Gasteiger partial charge < -0.3 is 4.74 Å². The summed E-state index contributed by atoms with van der Waals surface area (Å²) in [7, 11) is 0. The predicted molar refractivity (Wildman–Crippen MR) is 48.6 cm³/mol. The Morgan fingerprint density at radius 1 is 1.73 bits per heavy atom. The van der Waals surface area contributed by atoms with Crippen LogP contribution >= 0.6 is 12.6 Å². The molecule has 0 aliphatic heterocycles. The van der Waals surface area contributed by atoms with Crippen LogP contribution in [0.5, 0.6) is 0 Å². The molecule has 64 valence electrons. The lowest BCUT2D eigenvalue weighted by Gasteiger charge is -2.07. The van der Waals surface area contributed by atoms with Crippen LogP contribution in [0.4, 0.5) is 0 Å². The summed E-state index contributed by atoms with van der Waals surface area (Å²) < 4.78 is 4.95. The van der Waals surface area contributed by atoms with Crippen molar-refractivity contribution in [2.24, 2.45) is 0 Å². The van der Waals surface area contributed by atoms with Crippen molar-refractivity contribution >= 4 is 18.6 Å². The molecule has 0 aromatic rings. The third-order valence-electron chi connectivity index (χ3n) is 1.22. The highest BCUT2D eigenvalue weighted by Crippen LogP contribution is 2.01. The smallest absolute Gasteiger partial charge is 0.331 e. The molecular weight excluding hydrogens is 160 g/mol. The third kappa shape index (κ3) is 5.98. The third-order valence-corrected chi connectivity index (χ3v) is 1.35. The average molecular weight is 174 g/mol. The van der Waals surface area contributed by atoms with E-state index in [0.29, 0.717) is 4.91 Å². The standard InChI is InChI=1S/C8H14O2S/c1-4-6(2)10-8(9)5-7(3)11/h5-6,11H,4H2,1-3H3/b7-5-. The van der Waals surface area contributed by atoms with E-state index in [4.69, 9.17) is 4.74 Å². The van der Waals surface area contributed by atoms with Gasteiger partial charge >= 0.3 is 5.97 Å². The summed E-state index contributed by atoms with van der Waals surface area (Å²) in [5.74, 6) is -0.313. The fourth-order valence-corrected chi connectivity index (χ4v) is 0.592. The van der Waals surface area contributed by atoms with E-state index < -0.39 is 0 Å². The zero-order valence-corrected chi connectivity index (χ0v) is 8.02. The van der Waals surface area contributed by atoms with Gasteiger partial charge in [0.05, 0.1) is 6.10 Å². The summed E-state index contributed by atoms with van der Waals surface area (Å²) in [6.45, 7) is 5.57. The molecule has 0 saturated carbocycles. The summed E-state index contributed by atoms with van der Waals surface area (Å²) in [5.41, 5.74) is 0. The van der Waals surface area contributed by atoms with Gasteiger partial charge in [-0.2, -0.15) is 0 Å². The summed E-state index contributed by atoms with van der Waals surface area (Å²) >= 11 is 3.95. The van der Waals surface area contributed by atoms with Gasteiger partial charge in [-0.1, -0.05) is 6.92 Å². The summed E-state index contributed by atoms with van der Waals surface area (Å²) in [5, 5.41) is 0. The number of hydrogen-bond acceptors (Lipinski definition) is 3. The highest BCUT2D eigenvalue weighted by atomic mass is 32.1. The molecule has 0 aliphatic rings. The molecule has 0 amide bonds. The number of allylic oxidation sites excluding steroid dienone is 1. The first-order valence-corrected chi connectivity index (χ1v) is 4.08. The number of carbonyl (C=O) groups excluding carboxylic acids is 1. The highest BCUT2D eigenvalue weighted by molar-refractivity contribution is 7.84. The Morgan fingerprint density at radius 2 is 2.27 bits per heavy atom. The van der Waals surface area contributed by atoms with Crippen LogP contribution in [-0.4, -0.2) is 12.1 Å². The first kappa shape index (κ1) is 10.6. The van der Waals surface area contributed by atoms with Gasteiger partial charge in [0.1, 0.15) is 0 Å². The van der Waals surface area contributed by atoms with E-state index in [-0.39, 0.29) is 12.1 Å². The SMILES string of the molecule is CCC(C)OC(=O)/C=C(/C)S. The molecule has 0 bridgehead atoms. The van der Waals surface area contributed by atoms with Crippen LogP contribution < -0.4 is 0 Å². The van der Waals surface area contributed by atoms with E-state index in [2.05, 4.69) is 12.6 Å². The molecule has 0 fully saturated rings. The quantitative estimate of drug-likeness (QED) is 0.403. The van der Waals surface area contributed by atoms with Crippen molar-refractivity contribution in [3.63, 3.8) is 0 Å². The van der Waals surface area contributed by atoms with Crippen LogP contribution in [0.25, 0.3) is 0 Å². The topological polar surface area (TPSA) is 26.3 Å². The highest BCUT2D eigenvalue weighted by Gasteiger charge is 2.03. The molecule has 0 aromatic carbocycles. The minimum Gasteiger partial charge on any atom is -0.460 e. The summed E-state index contributed by atoms with van der Waals surface area (Å²) in [4.78, 5) is 11.5. The maximum Gasteiger partial charge on any atom is 0.331 e.